The van der Waals surface area contributed by atoms with Gasteiger partial charge in [-0.1, -0.05) is 140 Å². The third kappa shape index (κ3) is 3.40. The molecule has 186 valence electrons. The maximum Gasteiger partial charge on any atom is -0.000785 e. The Hall–Kier alpha value is -5.20. The maximum atomic E-state index is 3.91. The van der Waals surface area contributed by atoms with E-state index in [1.165, 1.54) is 77.2 Å². The molecule has 0 fully saturated rings. The zero-order chi connectivity index (χ0) is 26.6. The highest BCUT2D eigenvalue weighted by Crippen LogP contribution is 2.54. The monoisotopic (exact) mass is 506 g/mol. The molecular formula is C40H26. The van der Waals surface area contributed by atoms with Crippen LogP contribution >= 0.6 is 0 Å². The molecular weight excluding hydrogens is 480 g/mol. The summed E-state index contributed by atoms with van der Waals surface area (Å²) in [6.45, 7) is 3.91. The van der Waals surface area contributed by atoms with E-state index in [1.807, 2.05) is 6.08 Å². The lowest BCUT2D eigenvalue weighted by atomic mass is 9.87. The molecule has 0 saturated heterocycles. The number of hydrogen-bond acceptors (Lipinski definition) is 0. The summed E-state index contributed by atoms with van der Waals surface area (Å²) in [6, 6.07) is 51.0. The van der Waals surface area contributed by atoms with E-state index in [-0.39, 0.29) is 0 Å². The minimum atomic E-state index is 1.13. The molecule has 40 heavy (non-hydrogen) atoms. The second-order valence-corrected chi connectivity index (χ2v) is 10.6. The zero-order valence-electron chi connectivity index (χ0n) is 22.1. The SMILES string of the molecule is C=Cc1ccc(-c2ccc3c(c2)-c2ccc(-c4ccccc4)c4cc5cccc(-c6ccccc6)c5c-3c24)cc1. The molecule has 7 aromatic carbocycles. The van der Waals surface area contributed by atoms with Crippen LogP contribution in [0.1, 0.15) is 5.56 Å². The summed E-state index contributed by atoms with van der Waals surface area (Å²) in [5.74, 6) is 0. The molecule has 0 aliphatic heterocycles. The predicted molar refractivity (Wildman–Crippen MR) is 172 cm³/mol. The van der Waals surface area contributed by atoms with E-state index < -0.39 is 0 Å². The normalized spacial score (nSPS) is 11.6. The molecule has 8 rings (SSSR count). The summed E-state index contributed by atoms with van der Waals surface area (Å²) in [4.78, 5) is 0. The Balaban J connectivity index is 1.47. The van der Waals surface area contributed by atoms with Crippen LogP contribution in [0.3, 0.4) is 0 Å². The first-order valence-corrected chi connectivity index (χ1v) is 13.8. The van der Waals surface area contributed by atoms with Crippen molar-refractivity contribution in [3.05, 3.63) is 152 Å². The molecule has 0 amide bonds. The smallest absolute Gasteiger partial charge is 0.000785 e. The van der Waals surface area contributed by atoms with Gasteiger partial charge in [0.05, 0.1) is 0 Å². The van der Waals surface area contributed by atoms with Gasteiger partial charge in [0.1, 0.15) is 0 Å². The molecule has 0 atom stereocenters. The molecule has 0 saturated carbocycles. The molecule has 0 nitrogen and oxygen atoms in total. The molecule has 0 bridgehead atoms. The number of hydrogen-bond donors (Lipinski definition) is 0. The van der Waals surface area contributed by atoms with Gasteiger partial charge in [0, 0.05) is 0 Å². The Kier molecular flexibility index (Phi) is 5.08. The van der Waals surface area contributed by atoms with Crippen LogP contribution in [-0.2, 0) is 0 Å². The molecule has 0 radical (unpaired) electrons. The van der Waals surface area contributed by atoms with E-state index in [4.69, 9.17) is 0 Å². The largest absolute Gasteiger partial charge is 0.0985 e. The van der Waals surface area contributed by atoms with Gasteiger partial charge in [0.2, 0.25) is 0 Å². The van der Waals surface area contributed by atoms with Crippen molar-refractivity contribution in [3.63, 3.8) is 0 Å². The van der Waals surface area contributed by atoms with Crippen LogP contribution in [0.2, 0.25) is 0 Å². The molecule has 0 heteroatoms. The van der Waals surface area contributed by atoms with Crippen LogP contribution in [0.15, 0.2) is 146 Å². The average Bonchev–Trinajstić information content (AvgIpc) is 3.36. The number of rotatable bonds is 4. The second kappa shape index (κ2) is 8.93. The highest BCUT2D eigenvalue weighted by molar-refractivity contribution is 6.28. The van der Waals surface area contributed by atoms with Crippen molar-refractivity contribution in [2.24, 2.45) is 0 Å². The average molecular weight is 507 g/mol. The Morgan fingerprint density at radius 3 is 1.77 bits per heavy atom. The van der Waals surface area contributed by atoms with Gasteiger partial charge >= 0.3 is 0 Å². The lowest BCUT2D eigenvalue weighted by molar-refractivity contribution is 1.60. The fourth-order valence-electron chi connectivity index (χ4n) is 6.49. The number of fused-ring (bicyclic) bond motifs is 5. The van der Waals surface area contributed by atoms with Gasteiger partial charge in [-0.15, -0.1) is 0 Å². The molecule has 0 aromatic heterocycles. The summed E-state index contributed by atoms with van der Waals surface area (Å²) in [6.07, 6.45) is 1.89. The van der Waals surface area contributed by atoms with Crippen LogP contribution in [0, 0.1) is 0 Å². The first-order valence-electron chi connectivity index (χ1n) is 13.8. The Morgan fingerprint density at radius 1 is 0.400 bits per heavy atom. The van der Waals surface area contributed by atoms with Crippen LogP contribution in [-0.4, -0.2) is 0 Å². The van der Waals surface area contributed by atoms with Crippen molar-refractivity contribution >= 4 is 27.6 Å². The lowest BCUT2D eigenvalue weighted by Gasteiger charge is -2.15. The lowest BCUT2D eigenvalue weighted by Crippen LogP contribution is -1.88. The summed E-state index contributed by atoms with van der Waals surface area (Å²) in [5.41, 5.74) is 13.9. The Morgan fingerprint density at radius 2 is 1.05 bits per heavy atom. The number of benzene rings is 7. The van der Waals surface area contributed by atoms with Gasteiger partial charge in [-0.25, -0.2) is 0 Å². The highest BCUT2D eigenvalue weighted by Gasteiger charge is 2.27. The third-order valence-electron chi connectivity index (χ3n) is 8.37. The minimum absolute atomic E-state index is 1.13. The van der Waals surface area contributed by atoms with Crippen LogP contribution < -0.4 is 0 Å². The molecule has 7 aromatic rings. The Bertz CT molecular complexity index is 2080. The van der Waals surface area contributed by atoms with E-state index in [0.29, 0.717) is 0 Å². The summed E-state index contributed by atoms with van der Waals surface area (Å²) < 4.78 is 0. The first-order chi connectivity index (χ1) is 19.8. The predicted octanol–water partition coefficient (Wildman–Crippen LogP) is 11.3. The molecule has 0 unspecified atom stereocenters. The van der Waals surface area contributed by atoms with E-state index >= 15 is 0 Å². The van der Waals surface area contributed by atoms with E-state index in [0.717, 1.165) is 5.56 Å². The van der Waals surface area contributed by atoms with Crippen LogP contribution in [0.5, 0.6) is 0 Å². The van der Waals surface area contributed by atoms with Crippen molar-refractivity contribution in [3.8, 4) is 55.6 Å². The fourth-order valence-corrected chi connectivity index (χ4v) is 6.49. The van der Waals surface area contributed by atoms with Gasteiger partial charge in [-0.2, -0.15) is 0 Å². The van der Waals surface area contributed by atoms with Crippen molar-refractivity contribution in [1.29, 1.82) is 0 Å². The van der Waals surface area contributed by atoms with E-state index in [2.05, 4.69) is 146 Å². The zero-order valence-corrected chi connectivity index (χ0v) is 22.1. The van der Waals surface area contributed by atoms with Crippen molar-refractivity contribution < 1.29 is 0 Å². The van der Waals surface area contributed by atoms with Gasteiger partial charge in [-0.05, 0) is 94.9 Å². The minimum Gasteiger partial charge on any atom is -0.0985 e. The van der Waals surface area contributed by atoms with Gasteiger partial charge < -0.3 is 0 Å². The maximum absolute atomic E-state index is 3.91. The molecule has 0 N–H and O–H groups in total. The standard InChI is InChI=1S/C40H26/c1-2-26-16-18-27(19-17-26)30-20-21-35-36(24-30)34-23-22-32(28-10-5-3-6-11-28)37-25-31-14-9-15-33(29-12-7-4-8-13-29)38(31)40(35)39(34)37/h2-25H,1H2. The highest BCUT2D eigenvalue weighted by atomic mass is 14.3. The van der Waals surface area contributed by atoms with Crippen LogP contribution in [0.4, 0.5) is 0 Å². The van der Waals surface area contributed by atoms with Crippen molar-refractivity contribution in [1.82, 2.24) is 0 Å². The first kappa shape index (κ1) is 22.8. The summed E-state index contributed by atoms with van der Waals surface area (Å²) in [7, 11) is 0. The summed E-state index contributed by atoms with van der Waals surface area (Å²) >= 11 is 0. The van der Waals surface area contributed by atoms with Crippen molar-refractivity contribution in [2.45, 2.75) is 0 Å². The molecule has 0 heterocycles. The van der Waals surface area contributed by atoms with E-state index in [9.17, 15) is 0 Å². The Labute approximate surface area is 234 Å². The van der Waals surface area contributed by atoms with Crippen LogP contribution in [0.25, 0.3) is 83.3 Å². The molecule has 0 spiro atoms. The van der Waals surface area contributed by atoms with Gasteiger partial charge in [0.15, 0.2) is 0 Å². The second-order valence-electron chi connectivity index (χ2n) is 10.6. The molecule has 1 aliphatic carbocycles. The summed E-state index contributed by atoms with van der Waals surface area (Å²) in [5, 5.41) is 5.26. The molecule has 1 aliphatic rings. The van der Waals surface area contributed by atoms with E-state index in [1.54, 1.807) is 0 Å². The quantitative estimate of drug-likeness (QED) is 0.208. The van der Waals surface area contributed by atoms with Gasteiger partial charge in [0.25, 0.3) is 0 Å². The van der Waals surface area contributed by atoms with Crippen molar-refractivity contribution in [2.75, 3.05) is 0 Å². The third-order valence-corrected chi connectivity index (χ3v) is 8.37. The fraction of sp³-hybridized carbons (Fsp3) is 0. The topological polar surface area (TPSA) is 0 Å². The van der Waals surface area contributed by atoms with Gasteiger partial charge in [-0.3, -0.25) is 0 Å².